The molecular formula is C37H50ClN9O6. The van der Waals surface area contributed by atoms with E-state index in [0.717, 1.165) is 50.0 Å². The smallest absolute Gasteiger partial charge is 0.257 e. The number of hydrogen-bond donors (Lipinski definition) is 1. The van der Waals surface area contributed by atoms with Gasteiger partial charge in [-0.15, -0.1) is 5.10 Å². The van der Waals surface area contributed by atoms with Crippen LogP contribution >= 0.6 is 11.6 Å². The fraction of sp³-hybridized carbons (Fsp3) is 0.595. The molecule has 53 heavy (non-hydrogen) atoms. The molecule has 2 saturated heterocycles. The summed E-state index contributed by atoms with van der Waals surface area (Å²) in [7, 11) is 1.65. The summed E-state index contributed by atoms with van der Waals surface area (Å²) < 4.78 is 38.1. The fourth-order valence-corrected chi connectivity index (χ4v) is 7.74. The molecule has 0 unspecified atom stereocenters. The molecule has 3 fully saturated rings. The first-order valence-corrected chi connectivity index (χ1v) is 19.0. The highest BCUT2D eigenvalue weighted by molar-refractivity contribution is 6.32. The molecular weight excluding hydrogens is 702 g/mol. The van der Waals surface area contributed by atoms with Gasteiger partial charge in [0.2, 0.25) is 5.95 Å². The number of halogens is 1. The standard InChI is InChI=1S/C37H50ClN9O6/c1-26(20-45-25-39-24-42-45)53-35-17-27(3-10-33(35)38)28-18-40-37(41-19-28)43-34-21-46(44-36(34)52-16-15-50-14-13-49-12-11-48-2)29-4-6-30(7-5-29)47-31-8-9-32(47)23-51-22-31/h3,10,17-19,21,24-26,29-32H,4-9,11-16,20,22-23H2,1-2H3,(H,40,41,43)/t26-,29-,30-,31-,32+/m0/s1. The van der Waals surface area contributed by atoms with Crippen molar-refractivity contribution in [2.24, 2.45) is 0 Å². The number of anilines is 2. The van der Waals surface area contributed by atoms with Crippen LogP contribution in [0.5, 0.6) is 11.6 Å². The topological polar surface area (TPSA) is 145 Å². The average Bonchev–Trinajstić information content (AvgIpc) is 3.90. The molecule has 0 radical (unpaired) electrons. The van der Waals surface area contributed by atoms with Crippen LogP contribution in [0.4, 0.5) is 11.6 Å². The molecule has 1 saturated carbocycles. The number of aromatic nitrogens is 7. The van der Waals surface area contributed by atoms with Gasteiger partial charge in [0.15, 0.2) is 0 Å². The fourth-order valence-electron chi connectivity index (χ4n) is 7.57. The first kappa shape index (κ1) is 37.5. The molecule has 5 heterocycles. The monoisotopic (exact) mass is 751 g/mol. The largest absolute Gasteiger partial charge is 0.487 e. The van der Waals surface area contributed by atoms with Gasteiger partial charge < -0.3 is 33.7 Å². The van der Waals surface area contributed by atoms with E-state index in [2.05, 4.69) is 34.9 Å². The number of hydrogen-bond acceptors (Lipinski definition) is 13. The van der Waals surface area contributed by atoms with Gasteiger partial charge in [-0.3, -0.25) is 9.58 Å². The van der Waals surface area contributed by atoms with Crippen molar-refractivity contribution in [3.05, 3.63) is 54.5 Å². The van der Waals surface area contributed by atoms with Crippen LogP contribution in [-0.4, -0.2) is 124 Å². The second kappa shape index (κ2) is 18.5. The van der Waals surface area contributed by atoms with Gasteiger partial charge in [-0.2, -0.15) is 5.10 Å². The van der Waals surface area contributed by atoms with Gasteiger partial charge in [0, 0.05) is 43.2 Å². The molecule has 2 aliphatic heterocycles. The zero-order valence-corrected chi connectivity index (χ0v) is 31.3. The van der Waals surface area contributed by atoms with Crippen molar-refractivity contribution < 1.29 is 28.4 Å². The van der Waals surface area contributed by atoms with E-state index in [4.69, 9.17) is 45.1 Å². The van der Waals surface area contributed by atoms with Crippen molar-refractivity contribution in [1.82, 2.24) is 39.4 Å². The van der Waals surface area contributed by atoms with E-state index in [9.17, 15) is 0 Å². The predicted octanol–water partition coefficient (Wildman–Crippen LogP) is 5.20. The number of morpholine rings is 1. The van der Waals surface area contributed by atoms with E-state index in [0.29, 0.717) is 92.6 Å². The maximum absolute atomic E-state index is 6.49. The highest BCUT2D eigenvalue weighted by Crippen LogP contribution is 2.39. The molecule has 1 aliphatic carbocycles. The van der Waals surface area contributed by atoms with Crippen LogP contribution in [0.2, 0.25) is 5.02 Å². The van der Waals surface area contributed by atoms with E-state index in [-0.39, 0.29) is 12.1 Å². The van der Waals surface area contributed by atoms with Crippen LogP contribution in [0.15, 0.2) is 49.4 Å². The van der Waals surface area contributed by atoms with Gasteiger partial charge in [-0.1, -0.05) is 17.7 Å². The Morgan fingerprint density at radius 3 is 2.30 bits per heavy atom. The zero-order valence-electron chi connectivity index (χ0n) is 30.5. The number of nitrogens with zero attached hydrogens (tertiary/aromatic N) is 8. The number of rotatable bonds is 19. The van der Waals surface area contributed by atoms with Crippen LogP contribution in [0.25, 0.3) is 11.1 Å². The Bertz CT molecular complexity index is 1690. The quantitative estimate of drug-likeness (QED) is 0.125. The number of ether oxygens (including phenoxy) is 6. The summed E-state index contributed by atoms with van der Waals surface area (Å²) in [4.78, 5) is 16.0. The van der Waals surface area contributed by atoms with E-state index < -0.39 is 0 Å². The predicted molar refractivity (Wildman–Crippen MR) is 198 cm³/mol. The molecule has 3 aromatic heterocycles. The van der Waals surface area contributed by atoms with Crippen molar-refractivity contribution in [2.45, 2.75) is 82.3 Å². The second-order valence-corrected chi connectivity index (χ2v) is 14.2. The minimum Gasteiger partial charge on any atom is -0.487 e. The van der Waals surface area contributed by atoms with E-state index in [1.54, 1.807) is 30.5 Å². The highest BCUT2D eigenvalue weighted by atomic mass is 35.5. The summed E-state index contributed by atoms with van der Waals surface area (Å²) in [6, 6.07) is 7.69. The lowest BCUT2D eigenvalue weighted by Crippen LogP contribution is -2.52. The maximum Gasteiger partial charge on any atom is 0.257 e. The molecule has 1 N–H and O–H groups in total. The lowest BCUT2D eigenvalue weighted by molar-refractivity contribution is -0.0458. The van der Waals surface area contributed by atoms with Crippen molar-refractivity contribution in [2.75, 3.05) is 65.3 Å². The Morgan fingerprint density at radius 1 is 0.887 bits per heavy atom. The minimum atomic E-state index is -0.175. The average molecular weight is 752 g/mol. The highest BCUT2D eigenvalue weighted by Gasteiger charge is 2.42. The summed E-state index contributed by atoms with van der Waals surface area (Å²) in [6.45, 7) is 7.08. The van der Waals surface area contributed by atoms with Gasteiger partial charge in [0.05, 0.1) is 70.1 Å². The third-order valence-corrected chi connectivity index (χ3v) is 10.4. The summed E-state index contributed by atoms with van der Waals surface area (Å²) >= 11 is 6.49. The zero-order chi connectivity index (χ0) is 36.4. The minimum absolute atomic E-state index is 0.175. The molecule has 16 heteroatoms. The van der Waals surface area contributed by atoms with Crippen LogP contribution in [0.1, 0.15) is 51.5 Å². The summed E-state index contributed by atoms with van der Waals surface area (Å²) in [5.74, 6) is 1.49. The van der Waals surface area contributed by atoms with Crippen LogP contribution in [-0.2, 0) is 25.5 Å². The SMILES string of the molecule is COCCOCCOCCOc1nn([C@H]2CC[C@H](N3[C@@H]4CC[C@H]3COC4)CC2)cc1Nc1ncc(-c2ccc(Cl)c(O[C@@H](C)Cn3cncn3)c2)cn1. The first-order valence-electron chi connectivity index (χ1n) is 18.6. The molecule has 7 rings (SSSR count). The van der Waals surface area contributed by atoms with Crippen LogP contribution in [0.3, 0.4) is 0 Å². The Kier molecular flexibility index (Phi) is 13.0. The molecule has 0 amide bonds. The molecule has 2 bridgehead atoms. The summed E-state index contributed by atoms with van der Waals surface area (Å²) in [5, 5.41) is 12.9. The molecule has 4 aromatic rings. The second-order valence-electron chi connectivity index (χ2n) is 13.8. The van der Waals surface area contributed by atoms with E-state index >= 15 is 0 Å². The van der Waals surface area contributed by atoms with Crippen molar-refractivity contribution >= 4 is 23.2 Å². The number of methoxy groups -OCH3 is 1. The van der Waals surface area contributed by atoms with Gasteiger partial charge in [-0.25, -0.2) is 19.6 Å². The number of fused-ring (bicyclic) bond motifs is 2. The van der Waals surface area contributed by atoms with Crippen molar-refractivity contribution in [3.8, 4) is 22.8 Å². The Morgan fingerprint density at radius 2 is 1.58 bits per heavy atom. The molecule has 15 nitrogen and oxygen atoms in total. The molecule has 3 atom stereocenters. The first-order chi connectivity index (χ1) is 26.0. The summed E-state index contributed by atoms with van der Waals surface area (Å²) in [5.41, 5.74) is 2.41. The van der Waals surface area contributed by atoms with E-state index in [1.165, 1.54) is 19.2 Å². The van der Waals surface area contributed by atoms with Crippen molar-refractivity contribution in [3.63, 3.8) is 0 Å². The summed E-state index contributed by atoms with van der Waals surface area (Å²) in [6.07, 6.45) is 15.5. The van der Waals surface area contributed by atoms with Gasteiger partial charge in [0.25, 0.3) is 5.88 Å². The maximum atomic E-state index is 6.49. The number of benzene rings is 1. The molecule has 3 aliphatic rings. The lowest BCUT2D eigenvalue weighted by Gasteiger charge is -2.43. The van der Waals surface area contributed by atoms with Crippen LogP contribution in [0, 0.1) is 0 Å². The molecule has 0 spiro atoms. The normalized spacial score (nSPS) is 22.2. The third kappa shape index (κ3) is 9.82. The number of nitrogens with one attached hydrogen (secondary N) is 1. The molecule has 286 valence electrons. The van der Waals surface area contributed by atoms with Crippen LogP contribution < -0.4 is 14.8 Å². The Labute approximate surface area is 315 Å². The third-order valence-electron chi connectivity index (χ3n) is 10.1. The van der Waals surface area contributed by atoms with E-state index in [1.807, 2.05) is 31.3 Å². The van der Waals surface area contributed by atoms with Gasteiger partial charge in [0.1, 0.15) is 36.8 Å². The van der Waals surface area contributed by atoms with Crippen molar-refractivity contribution in [1.29, 1.82) is 0 Å². The lowest BCUT2D eigenvalue weighted by atomic mass is 9.89. The molecule has 1 aromatic carbocycles. The van der Waals surface area contributed by atoms with Gasteiger partial charge in [-0.05, 0) is 63.1 Å². The Balaban J connectivity index is 0.988. The van der Waals surface area contributed by atoms with Gasteiger partial charge >= 0.3 is 0 Å². The Hall–Kier alpha value is -3.86.